The Morgan fingerprint density at radius 3 is 2.41 bits per heavy atom. The zero-order valence-corrected chi connectivity index (χ0v) is 13.9. The highest BCUT2D eigenvalue weighted by molar-refractivity contribution is 6.25. The minimum Gasteiger partial charge on any atom is -0.352 e. The van der Waals surface area contributed by atoms with Gasteiger partial charge in [0.1, 0.15) is 12.0 Å². The Hall–Kier alpha value is -3.93. The van der Waals surface area contributed by atoms with E-state index in [4.69, 9.17) is 0 Å². The molecule has 0 saturated carbocycles. The van der Waals surface area contributed by atoms with Gasteiger partial charge in [-0.2, -0.15) is 0 Å². The number of rotatable bonds is 2. The molecule has 0 atom stereocenters. The van der Waals surface area contributed by atoms with Crippen LogP contribution in [0.25, 0.3) is 11.1 Å². The summed E-state index contributed by atoms with van der Waals surface area (Å²) in [6.45, 7) is 0. The average molecular weight is 353 g/mol. The number of hydrogen-bond acceptors (Lipinski definition) is 6. The van der Waals surface area contributed by atoms with Gasteiger partial charge in [0.2, 0.25) is 11.6 Å². The van der Waals surface area contributed by atoms with Crippen LogP contribution < -0.4 is 5.32 Å². The average Bonchev–Trinajstić information content (AvgIpc) is 2.98. The molecule has 0 bridgehead atoms. The summed E-state index contributed by atoms with van der Waals surface area (Å²) in [5.41, 5.74) is 3.95. The molecule has 0 saturated heterocycles. The lowest BCUT2D eigenvalue weighted by atomic mass is 9.98. The van der Waals surface area contributed by atoms with E-state index in [-0.39, 0.29) is 34.3 Å². The Kier molecular flexibility index (Phi) is 3.14. The second-order valence-electron chi connectivity index (χ2n) is 6.30. The number of anilines is 1. The van der Waals surface area contributed by atoms with Gasteiger partial charge < -0.3 is 5.32 Å². The topological polar surface area (TPSA) is 89.0 Å². The minimum absolute atomic E-state index is 0.0528. The Balaban J connectivity index is 1.51. The number of nitrogens with one attached hydrogen (secondary N) is 1. The molecule has 1 N–H and O–H groups in total. The molecule has 0 radical (unpaired) electrons. The normalized spacial score (nSPS) is 14.4. The first kappa shape index (κ1) is 15.3. The predicted molar refractivity (Wildman–Crippen MR) is 97.7 cm³/mol. The third-order valence-electron chi connectivity index (χ3n) is 4.72. The van der Waals surface area contributed by atoms with Crippen LogP contribution in [0.15, 0.2) is 66.8 Å². The van der Waals surface area contributed by atoms with E-state index in [9.17, 15) is 14.4 Å². The molecular formula is C21H11N3O3. The second-order valence-corrected chi connectivity index (χ2v) is 6.30. The van der Waals surface area contributed by atoms with Gasteiger partial charge >= 0.3 is 0 Å². The predicted octanol–water partition coefficient (Wildman–Crippen LogP) is 3.06. The number of carbonyl (C=O) groups is 3. The standard InChI is InChI=1S/C21H11N3O3/c25-18-8-17(21(27)16-9-22-10-23-19(16)18)24-11-5-6-13-12-3-1-2-4-14(12)20(26)15(13)7-11/h1-10,24H. The van der Waals surface area contributed by atoms with E-state index >= 15 is 0 Å². The van der Waals surface area contributed by atoms with E-state index < -0.39 is 0 Å². The van der Waals surface area contributed by atoms with Crippen LogP contribution in [-0.2, 0) is 0 Å². The zero-order chi connectivity index (χ0) is 18.5. The van der Waals surface area contributed by atoms with E-state index in [0.717, 1.165) is 11.1 Å². The largest absolute Gasteiger partial charge is 0.352 e. The number of benzene rings is 2. The van der Waals surface area contributed by atoms with E-state index in [2.05, 4.69) is 15.3 Å². The number of aromatic nitrogens is 2. The van der Waals surface area contributed by atoms with Crippen LogP contribution in [0, 0.1) is 0 Å². The maximum atomic E-state index is 12.6. The first-order valence-corrected chi connectivity index (χ1v) is 8.29. The Bertz CT molecular complexity index is 1210. The van der Waals surface area contributed by atoms with Crippen molar-refractivity contribution in [2.45, 2.75) is 0 Å². The molecule has 1 aromatic heterocycles. The second kappa shape index (κ2) is 5.54. The van der Waals surface area contributed by atoms with Gasteiger partial charge in [0, 0.05) is 29.1 Å². The Morgan fingerprint density at radius 1 is 0.778 bits per heavy atom. The van der Waals surface area contributed by atoms with Gasteiger partial charge in [0.25, 0.3) is 0 Å². The molecule has 0 fully saturated rings. The number of carbonyl (C=O) groups excluding carboxylic acids is 3. The van der Waals surface area contributed by atoms with Gasteiger partial charge in [0.15, 0.2) is 5.78 Å². The molecule has 0 aliphatic heterocycles. The van der Waals surface area contributed by atoms with Crippen molar-refractivity contribution in [2.24, 2.45) is 0 Å². The lowest BCUT2D eigenvalue weighted by Crippen LogP contribution is -2.23. The van der Waals surface area contributed by atoms with Gasteiger partial charge in [0.05, 0.1) is 11.3 Å². The highest BCUT2D eigenvalue weighted by atomic mass is 16.1. The van der Waals surface area contributed by atoms with Crippen molar-refractivity contribution in [3.05, 3.63) is 89.1 Å². The number of ketones is 3. The van der Waals surface area contributed by atoms with Gasteiger partial charge in [-0.3, -0.25) is 14.4 Å². The van der Waals surface area contributed by atoms with Crippen molar-refractivity contribution < 1.29 is 14.4 Å². The molecule has 0 unspecified atom stereocenters. The molecule has 2 aliphatic carbocycles. The Morgan fingerprint density at radius 2 is 1.56 bits per heavy atom. The summed E-state index contributed by atoms with van der Waals surface area (Å²) in [4.78, 5) is 45.1. The van der Waals surface area contributed by atoms with Crippen LogP contribution >= 0.6 is 0 Å². The SMILES string of the molecule is O=C1c2ccccc2-c2ccc(NC3=CC(=O)c4ncncc4C3=O)cc21. The molecule has 1 heterocycles. The summed E-state index contributed by atoms with van der Waals surface area (Å²) >= 11 is 0. The van der Waals surface area contributed by atoms with Crippen molar-refractivity contribution in [1.82, 2.24) is 9.97 Å². The van der Waals surface area contributed by atoms with Gasteiger partial charge in [-0.15, -0.1) is 0 Å². The summed E-state index contributed by atoms with van der Waals surface area (Å²) < 4.78 is 0. The van der Waals surface area contributed by atoms with E-state index in [1.54, 1.807) is 18.2 Å². The number of Topliss-reactive ketones (excluding diaryl/α,β-unsaturated/α-hetero) is 1. The summed E-state index contributed by atoms with van der Waals surface area (Å²) in [5.74, 6) is -0.775. The van der Waals surface area contributed by atoms with Crippen LogP contribution in [0.1, 0.15) is 36.8 Å². The van der Waals surface area contributed by atoms with Gasteiger partial charge in [-0.25, -0.2) is 9.97 Å². The highest BCUT2D eigenvalue weighted by Gasteiger charge is 2.29. The first-order valence-electron chi connectivity index (χ1n) is 8.29. The molecule has 0 amide bonds. The summed E-state index contributed by atoms with van der Waals surface area (Å²) in [5, 5.41) is 2.96. The number of hydrogen-bond donors (Lipinski definition) is 1. The quantitative estimate of drug-likeness (QED) is 0.596. The van der Waals surface area contributed by atoms with E-state index in [0.29, 0.717) is 16.8 Å². The fraction of sp³-hybridized carbons (Fsp3) is 0. The fourth-order valence-electron chi connectivity index (χ4n) is 3.46. The lowest BCUT2D eigenvalue weighted by molar-refractivity contribution is 0.0981. The van der Waals surface area contributed by atoms with E-state index in [1.807, 2.05) is 24.3 Å². The highest BCUT2D eigenvalue weighted by Crippen LogP contribution is 2.37. The van der Waals surface area contributed by atoms with Crippen LogP contribution in [0.3, 0.4) is 0 Å². The fourth-order valence-corrected chi connectivity index (χ4v) is 3.46. The molecule has 2 aromatic carbocycles. The molecule has 3 aromatic rings. The lowest BCUT2D eigenvalue weighted by Gasteiger charge is -2.15. The molecular weight excluding hydrogens is 342 g/mol. The molecule has 128 valence electrons. The summed E-state index contributed by atoms with van der Waals surface area (Å²) in [7, 11) is 0. The van der Waals surface area contributed by atoms with Crippen molar-refractivity contribution in [2.75, 3.05) is 5.32 Å². The molecule has 27 heavy (non-hydrogen) atoms. The smallest absolute Gasteiger partial charge is 0.213 e. The third-order valence-corrected chi connectivity index (χ3v) is 4.72. The Labute approximate surface area is 153 Å². The number of nitrogens with zero attached hydrogens (tertiary/aromatic N) is 2. The third kappa shape index (κ3) is 2.23. The maximum Gasteiger partial charge on any atom is 0.213 e. The van der Waals surface area contributed by atoms with Crippen LogP contribution in [0.5, 0.6) is 0 Å². The molecule has 6 nitrogen and oxygen atoms in total. The number of fused-ring (bicyclic) bond motifs is 4. The van der Waals surface area contributed by atoms with Crippen molar-refractivity contribution in [3.8, 4) is 11.1 Å². The zero-order valence-electron chi connectivity index (χ0n) is 13.9. The molecule has 5 rings (SSSR count). The van der Waals surface area contributed by atoms with Crippen molar-refractivity contribution >= 4 is 23.0 Å². The minimum atomic E-state index is -0.362. The molecule has 6 heteroatoms. The van der Waals surface area contributed by atoms with Gasteiger partial charge in [-0.1, -0.05) is 30.3 Å². The van der Waals surface area contributed by atoms with Crippen LogP contribution in [-0.4, -0.2) is 27.3 Å². The monoisotopic (exact) mass is 353 g/mol. The van der Waals surface area contributed by atoms with Crippen LogP contribution in [0.4, 0.5) is 5.69 Å². The summed E-state index contributed by atoms with van der Waals surface area (Å²) in [6.07, 6.45) is 3.79. The molecule has 2 aliphatic rings. The van der Waals surface area contributed by atoms with E-state index in [1.165, 1.54) is 18.6 Å². The first-order chi connectivity index (χ1) is 13.1. The maximum absolute atomic E-state index is 12.6. The van der Waals surface area contributed by atoms with Crippen molar-refractivity contribution in [1.29, 1.82) is 0 Å². The van der Waals surface area contributed by atoms with Gasteiger partial charge in [-0.05, 0) is 23.3 Å². The molecule has 0 spiro atoms. The van der Waals surface area contributed by atoms with Crippen LogP contribution in [0.2, 0.25) is 0 Å². The number of allylic oxidation sites excluding steroid dienone is 2. The summed E-state index contributed by atoms with van der Waals surface area (Å²) in [6, 6.07) is 12.8. The van der Waals surface area contributed by atoms with Crippen molar-refractivity contribution in [3.63, 3.8) is 0 Å².